The van der Waals surface area contributed by atoms with Crippen molar-refractivity contribution in [2.75, 3.05) is 26.4 Å². The lowest BCUT2D eigenvalue weighted by molar-refractivity contribution is -0.116. The average Bonchev–Trinajstić information content (AvgIpc) is 2.64. The Hall–Kier alpha value is -1.24. The normalized spacial score (nSPS) is 17.7. The molecule has 0 amide bonds. The predicted octanol–water partition coefficient (Wildman–Crippen LogP) is -3.11. The monoisotopic (exact) mass is 362 g/mol. The van der Waals surface area contributed by atoms with Gasteiger partial charge < -0.3 is 40.5 Å². The van der Waals surface area contributed by atoms with Gasteiger partial charge in [-0.2, -0.15) is 0 Å². The van der Waals surface area contributed by atoms with Crippen molar-refractivity contribution in [2.45, 2.75) is 43.4 Å². The predicted molar refractivity (Wildman–Crippen MR) is 84.3 cm³/mol. The molecular formula is C15H26N2O8. The number of ether oxygens (including phenoxy) is 1. The first-order valence-electron chi connectivity index (χ1n) is 7.90. The van der Waals surface area contributed by atoms with Crippen LogP contribution in [0.2, 0.25) is 0 Å². The number of hydrogen-bond donors (Lipinski definition) is 7. The van der Waals surface area contributed by atoms with E-state index in [1.54, 1.807) is 0 Å². The molecule has 0 radical (unpaired) electrons. The lowest BCUT2D eigenvalue weighted by atomic mass is 10.1. The van der Waals surface area contributed by atoms with Crippen molar-refractivity contribution in [3.05, 3.63) is 23.8 Å². The van der Waals surface area contributed by atoms with Crippen molar-refractivity contribution >= 4 is 0 Å². The van der Waals surface area contributed by atoms with E-state index < -0.39 is 50.3 Å². The molecule has 0 bridgehead atoms. The highest BCUT2D eigenvalue weighted by Gasteiger charge is 2.25. The summed E-state index contributed by atoms with van der Waals surface area (Å²) in [6.45, 7) is -1.93. The number of hydrogen-bond acceptors (Lipinski definition) is 10. The molecule has 10 nitrogen and oxygen atoms in total. The lowest BCUT2D eigenvalue weighted by Gasteiger charge is -2.25. The molecule has 1 rings (SSSR count). The molecule has 1 aromatic heterocycles. The Labute approximate surface area is 145 Å². The first-order valence-corrected chi connectivity index (χ1v) is 7.90. The summed E-state index contributed by atoms with van der Waals surface area (Å²) in [7, 11) is 0. The first-order chi connectivity index (χ1) is 12.0. The molecule has 7 N–H and O–H groups in total. The quantitative estimate of drug-likeness (QED) is 0.201. The summed E-state index contributed by atoms with van der Waals surface area (Å²) in [5.74, 6) is 0. The minimum atomic E-state index is -1.28. The summed E-state index contributed by atoms with van der Waals surface area (Å²) in [6, 6.07) is 0. The van der Waals surface area contributed by atoms with Gasteiger partial charge in [-0.1, -0.05) is 0 Å². The molecule has 0 saturated carbocycles. The maximum absolute atomic E-state index is 9.66. The molecular weight excluding hydrogens is 336 g/mol. The SMILES string of the molecule is OCC[C@@H](O[C@H](CO)[C@@H](O)CO)c1cnc(C[C@H](O)[C@H](O)CO)cn1. The lowest BCUT2D eigenvalue weighted by Crippen LogP contribution is -2.36. The molecule has 1 heterocycles. The fourth-order valence-electron chi connectivity index (χ4n) is 2.10. The fraction of sp³-hybridized carbons (Fsp3) is 0.733. The molecule has 0 fully saturated rings. The van der Waals surface area contributed by atoms with Crippen LogP contribution in [-0.4, -0.2) is 96.6 Å². The molecule has 0 aromatic carbocycles. The highest BCUT2D eigenvalue weighted by atomic mass is 16.5. The summed E-state index contributed by atoms with van der Waals surface area (Å²) in [5, 5.41) is 64.7. The fourth-order valence-corrected chi connectivity index (χ4v) is 2.10. The Kier molecular flexibility index (Phi) is 9.93. The van der Waals surface area contributed by atoms with Crippen LogP contribution in [0.1, 0.15) is 23.9 Å². The molecule has 0 aliphatic heterocycles. The smallest absolute Gasteiger partial charge is 0.110 e. The largest absolute Gasteiger partial charge is 0.396 e. The van der Waals surface area contributed by atoms with Crippen LogP contribution in [0.5, 0.6) is 0 Å². The molecule has 144 valence electrons. The molecule has 0 spiro atoms. The van der Waals surface area contributed by atoms with Crippen LogP contribution < -0.4 is 0 Å². The minimum Gasteiger partial charge on any atom is -0.396 e. The van der Waals surface area contributed by atoms with E-state index in [0.717, 1.165) is 0 Å². The standard InChI is InChI=1S/C15H26N2O8/c18-2-1-14(25-15(8-21)13(24)7-20)10-5-16-9(4-17-10)3-11(22)12(23)6-19/h4-5,11-15,18-24H,1-3,6-8H2/t11-,12+,13-,14+,15+/m0/s1. The maximum atomic E-state index is 9.66. The molecule has 0 aliphatic rings. The van der Waals surface area contributed by atoms with Crippen molar-refractivity contribution in [3.8, 4) is 0 Å². The summed E-state index contributed by atoms with van der Waals surface area (Å²) in [6.07, 6.45) is -2.74. The van der Waals surface area contributed by atoms with Crippen molar-refractivity contribution in [2.24, 2.45) is 0 Å². The van der Waals surface area contributed by atoms with E-state index >= 15 is 0 Å². The van der Waals surface area contributed by atoms with Crippen molar-refractivity contribution < 1.29 is 40.5 Å². The van der Waals surface area contributed by atoms with Crippen LogP contribution >= 0.6 is 0 Å². The zero-order valence-electron chi connectivity index (χ0n) is 13.7. The van der Waals surface area contributed by atoms with Crippen LogP contribution in [-0.2, 0) is 11.2 Å². The number of aliphatic hydroxyl groups is 7. The van der Waals surface area contributed by atoms with Gasteiger partial charge in [0.05, 0.1) is 43.5 Å². The molecule has 0 aliphatic carbocycles. The highest BCUT2D eigenvalue weighted by molar-refractivity contribution is 5.07. The van der Waals surface area contributed by atoms with Gasteiger partial charge in [-0.05, 0) is 0 Å². The minimum absolute atomic E-state index is 0.0109. The Morgan fingerprint density at radius 3 is 2.00 bits per heavy atom. The second kappa shape index (κ2) is 11.4. The van der Waals surface area contributed by atoms with Crippen LogP contribution in [0.3, 0.4) is 0 Å². The summed E-state index contributed by atoms with van der Waals surface area (Å²) in [4.78, 5) is 8.21. The highest BCUT2D eigenvalue weighted by Crippen LogP contribution is 2.21. The third-order valence-corrected chi connectivity index (χ3v) is 3.63. The third kappa shape index (κ3) is 6.88. The second-order valence-corrected chi connectivity index (χ2v) is 5.56. The number of aromatic nitrogens is 2. The van der Waals surface area contributed by atoms with E-state index in [0.29, 0.717) is 11.4 Å². The van der Waals surface area contributed by atoms with Crippen molar-refractivity contribution in [1.29, 1.82) is 0 Å². The van der Waals surface area contributed by atoms with E-state index in [9.17, 15) is 20.4 Å². The summed E-state index contributed by atoms with van der Waals surface area (Å²) >= 11 is 0. The van der Waals surface area contributed by atoms with E-state index in [1.807, 2.05) is 0 Å². The first kappa shape index (κ1) is 21.8. The molecule has 10 heteroatoms. The van der Waals surface area contributed by atoms with Crippen molar-refractivity contribution in [1.82, 2.24) is 9.97 Å². The number of aliphatic hydroxyl groups excluding tert-OH is 7. The molecule has 0 unspecified atom stereocenters. The van der Waals surface area contributed by atoms with E-state index in [-0.39, 0.29) is 19.4 Å². The topological polar surface area (TPSA) is 177 Å². The van der Waals surface area contributed by atoms with Gasteiger partial charge in [0.15, 0.2) is 0 Å². The molecule has 25 heavy (non-hydrogen) atoms. The van der Waals surface area contributed by atoms with Crippen LogP contribution in [0.25, 0.3) is 0 Å². The zero-order chi connectivity index (χ0) is 18.8. The number of nitrogens with zero attached hydrogens (tertiary/aromatic N) is 2. The van der Waals surface area contributed by atoms with Crippen molar-refractivity contribution in [3.63, 3.8) is 0 Å². The maximum Gasteiger partial charge on any atom is 0.110 e. The van der Waals surface area contributed by atoms with E-state index in [1.165, 1.54) is 12.4 Å². The molecule has 5 atom stereocenters. The van der Waals surface area contributed by atoms with Gasteiger partial charge in [0.2, 0.25) is 0 Å². The van der Waals surface area contributed by atoms with Gasteiger partial charge >= 0.3 is 0 Å². The third-order valence-electron chi connectivity index (χ3n) is 3.63. The summed E-state index contributed by atoms with van der Waals surface area (Å²) < 4.78 is 5.51. The Balaban J connectivity index is 2.80. The molecule has 1 aromatic rings. The van der Waals surface area contributed by atoms with E-state index in [2.05, 4.69) is 9.97 Å². The zero-order valence-corrected chi connectivity index (χ0v) is 13.7. The van der Waals surface area contributed by atoms with Gasteiger partial charge in [-0.15, -0.1) is 0 Å². The summed E-state index contributed by atoms with van der Waals surface area (Å²) in [5.41, 5.74) is 0.708. The van der Waals surface area contributed by atoms with E-state index in [4.69, 9.17) is 20.1 Å². The Morgan fingerprint density at radius 1 is 0.840 bits per heavy atom. The van der Waals surface area contributed by atoms with Gasteiger partial charge in [0.1, 0.15) is 24.4 Å². The Bertz CT molecular complexity index is 475. The van der Waals surface area contributed by atoms with Crippen LogP contribution in [0, 0.1) is 0 Å². The second-order valence-electron chi connectivity index (χ2n) is 5.56. The van der Waals surface area contributed by atoms with Crippen LogP contribution in [0.4, 0.5) is 0 Å². The molecule has 0 saturated heterocycles. The number of rotatable bonds is 12. The van der Waals surface area contributed by atoms with Gasteiger partial charge in [-0.25, -0.2) is 0 Å². The van der Waals surface area contributed by atoms with Gasteiger partial charge in [0, 0.05) is 25.6 Å². The average molecular weight is 362 g/mol. The Morgan fingerprint density at radius 2 is 1.52 bits per heavy atom. The van der Waals surface area contributed by atoms with Crippen LogP contribution in [0.15, 0.2) is 12.4 Å². The van der Waals surface area contributed by atoms with Gasteiger partial charge in [0.25, 0.3) is 0 Å². The van der Waals surface area contributed by atoms with Gasteiger partial charge in [-0.3, -0.25) is 9.97 Å².